The minimum absolute atomic E-state index is 0.0279. The molecule has 9 heteroatoms. The number of anilines is 1. The number of hydrogen-bond donors (Lipinski definition) is 2. The predicted octanol–water partition coefficient (Wildman–Crippen LogP) is 2.84. The summed E-state index contributed by atoms with van der Waals surface area (Å²) in [6.07, 6.45) is 1.80. The minimum atomic E-state index is -3.94. The van der Waals surface area contributed by atoms with E-state index in [1.54, 1.807) is 6.07 Å². The molecule has 0 bridgehead atoms. The van der Waals surface area contributed by atoms with Crippen molar-refractivity contribution in [2.24, 2.45) is 0 Å². The molecule has 2 aromatic rings. The Morgan fingerprint density at radius 3 is 2.67 bits per heavy atom. The molecule has 1 aromatic carbocycles. The standard InChI is InChI=1S/C18H25N3O5S/c1-5-6-12(2)15-11-17(20-19-15)21-27(23,24)16-8-7-14(25-3)9-13(16)10-18(22)26-4/h7-9,11-12H,5-6,10H2,1-4H3,(H2,19,20,21). The van der Waals surface area contributed by atoms with E-state index in [2.05, 4.69) is 26.6 Å². The average molecular weight is 395 g/mol. The molecule has 0 saturated heterocycles. The van der Waals surface area contributed by atoms with Crippen molar-refractivity contribution in [1.29, 1.82) is 0 Å². The fourth-order valence-electron chi connectivity index (χ4n) is 2.73. The normalized spacial score (nSPS) is 12.4. The van der Waals surface area contributed by atoms with Crippen molar-refractivity contribution in [3.8, 4) is 5.75 Å². The van der Waals surface area contributed by atoms with Gasteiger partial charge >= 0.3 is 5.97 Å². The van der Waals surface area contributed by atoms with Crippen LogP contribution in [0.15, 0.2) is 29.2 Å². The van der Waals surface area contributed by atoms with Crippen LogP contribution in [0.25, 0.3) is 0 Å². The summed E-state index contributed by atoms with van der Waals surface area (Å²) in [4.78, 5) is 11.6. The first-order valence-corrected chi connectivity index (χ1v) is 10.1. The maximum absolute atomic E-state index is 12.8. The lowest BCUT2D eigenvalue weighted by Crippen LogP contribution is -2.17. The highest BCUT2D eigenvalue weighted by atomic mass is 32.2. The number of nitrogens with zero attached hydrogens (tertiary/aromatic N) is 1. The Hall–Kier alpha value is -2.55. The Labute approximate surface area is 159 Å². The number of carbonyl (C=O) groups excluding carboxylic acids is 1. The molecule has 148 valence electrons. The zero-order valence-electron chi connectivity index (χ0n) is 15.9. The highest BCUT2D eigenvalue weighted by Crippen LogP contribution is 2.26. The molecular weight excluding hydrogens is 370 g/mol. The van der Waals surface area contributed by atoms with Crippen LogP contribution in [0.1, 0.15) is 43.9 Å². The number of H-pyrrole nitrogens is 1. The third-order valence-corrected chi connectivity index (χ3v) is 5.66. The van der Waals surface area contributed by atoms with Gasteiger partial charge in [-0.2, -0.15) is 5.10 Å². The van der Waals surface area contributed by atoms with Crippen LogP contribution in [0.3, 0.4) is 0 Å². The molecule has 0 radical (unpaired) electrons. The molecule has 0 fully saturated rings. The van der Waals surface area contributed by atoms with Gasteiger partial charge in [0.2, 0.25) is 0 Å². The highest BCUT2D eigenvalue weighted by molar-refractivity contribution is 7.92. The van der Waals surface area contributed by atoms with Crippen LogP contribution in [0, 0.1) is 0 Å². The van der Waals surface area contributed by atoms with Gasteiger partial charge < -0.3 is 9.47 Å². The number of hydrogen-bond acceptors (Lipinski definition) is 6. The lowest BCUT2D eigenvalue weighted by molar-refractivity contribution is -0.139. The van der Waals surface area contributed by atoms with Crippen molar-refractivity contribution in [2.75, 3.05) is 18.9 Å². The average Bonchev–Trinajstić information content (AvgIpc) is 3.09. The van der Waals surface area contributed by atoms with Crippen molar-refractivity contribution in [3.05, 3.63) is 35.5 Å². The second kappa shape index (κ2) is 8.90. The Morgan fingerprint density at radius 1 is 1.30 bits per heavy atom. The van der Waals surface area contributed by atoms with Crippen molar-refractivity contribution in [1.82, 2.24) is 10.2 Å². The number of sulfonamides is 1. The van der Waals surface area contributed by atoms with Crippen LogP contribution in [0.5, 0.6) is 5.75 Å². The molecule has 2 N–H and O–H groups in total. The van der Waals surface area contributed by atoms with Gasteiger partial charge in [-0.25, -0.2) is 8.42 Å². The third-order valence-electron chi connectivity index (χ3n) is 4.21. The second-order valence-corrected chi connectivity index (χ2v) is 7.88. The summed E-state index contributed by atoms with van der Waals surface area (Å²) < 4.78 is 37.9. The van der Waals surface area contributed by atoms with Crippen LogP contribution >= 0.6 is 0 Å². The maximum atomic E-state index is 12.8. The smallest absolute Gasteiger partial charge is 0.310 e. The molecule has 1 atom stereocenters. The molecule has 0 aliphatic carbocycles. The van der Waals surface area contributed by atoms with Gasteiger partial charge in [0.15, 0.2) is 5.82 Å². The molecule has 1 unspecified atom stereocenters. The number of methoxy groups -OCH3 is 2. The van der Waals surface area contributed by atoms with Gasteiger partial charge in [-0.3, -0.25) is 14.6 Å². The maximum Gasteiger partial charge on any atom is 0.310 e. The first-order chi connectivity index (χ1) is 12.8. The van der Waals surface area contributed by atoms with Gasteiger partial charge in [-0.15, -0.1) is 0 Å². The molecule has 0 saturated carbocycles. The van der Waals surface area contributed by atoms with E-state index >= 15 is 0 Å². The number of carbonyl (C=O) groups is 1. The van der Waals surface area contributed by atoms with Crippen LogP contribution in [-0.2, 0) is 26.0 Å². The van der Waals surface area contributed by atoms with Gasteiger partial charge in [0, 0.05) is 11.8 Å². The first kappa shape index (κ1) is 20.8. The lowest BCUT2D eigenvalue weighted by atomic mass is 10.0. The zero-order chi connectivity index (χ0) is 20.0. The number of nitrogens with one attached hydrogen (secondary N) is 2. The number of esters is 1. The third kappa shape index (κ3) is 5.22. The van der Waals surface area contributed by atoms with Crippen LogP contribution < -0.4 is 9.46 Å². The van der Waals surface area contributed by atoms with Crippen molar-refractivity contribution in [2.45, 2.75) is 43.9 Å². The minimum Gasteiger partial charge on any atom is -0.497 e. The molecule has 2 rings (SSSR count). The highest BCUT2D eigenvalue weighted by Gasteiger charge is 2.22. The summed E-state index contributed by atoms with van der Waals surface area (Å²) in [6.45, 7) is 4.14. The molecular formula is C18H25N3O5S. The number of aromatic nitrogens is 2. The fourth-order valence-corrected chi connectivity index (χ4v) is 3.95. The summed E-state index contributed by atoms with van der Waals surface area (Å²) in [6, 6.07) is 6.10. The summed E-state index contributed by atoms with van der Waals surface area (Å²) >= 11 is 0. The Balaban J connectivity index is 2.31. The zero-order valence-corrected chi connectivity index (χ0v) is 16.7. The molecule has 1 aromatic heterocycles. The largest absolute Gasteiger partial charge is 0.497 e. The van der Waals surface area contributed by atoms with Gasteiger partial charge in [0.05, 0.1) is 25.5 Å². The van der Waals surface area contributed by atoms with E-state index in [9.17, 15) is 13.2 Å². The molecule has 27 heavy (non-hydrogen) atoms. The van der Waals surface area contributed by atoms with Crippen molar-refractivity contribution >= 4 is 21.8 Å². The Kier molecular flexibility index (Phi) is 6.84. The number of ether oxygens (including phenoxy) is 2. The van der Waals surface area contributed by atoms with E-state index < -0.39 is 16.0 Å². The van der Waals surface area contributed by atoms with Gasteiger partial charge in [-0.1, -0.05) is 20.3 Å². The Bertz CT molecular complexity index is 892. The van der Waals surface area contributed by atoms with E-state index in [4.69, 9.17) is 4.74 Å². The molecule has 0 aliphatic heterocycles. The van der Waals surface area contributed by atoms with E-state index in [1.807, 2.05) is 6.92 Å². The molecule has 0 amide bonds. The van der Waals surface area contributed by atoms with Crippen LogP contribution in [0.2, 0.25) is 0 Å². The van der Waals surface area contributed by atoms with E-state index in [1.165, 1.54) is 32.4 Å². The van der Waals surface area contributed by atoms with E-state index in [0.717, 1.165) is 18.5 Å². The molecule has 8 nitrogen and oxygen atoms in total. The van der Waals surface area contributed by atoms with Crippen LogP contribution in [0.4, 0.5) is 5.82 Å². The second-order valence-electron chi connectivity index (χ2n) is 6.23. The first-order valence-electron chi connectivity index (χ1n) is 8.62. The van der Waals surface area contributed by atoms with Gasteiger partial charge in [0.25, 0.3) is 10.0 Å². The van der Waals surface area contributed by atoms with Crippen LogP contribution in [-0.4, -0.2) is 38.8 Å². The predicted molar refractivity (Wildman–Crippen MR) is 101 cm³/mol. The van der Waals surface area contributed by atoms with Crippen molar-refractivity contribution in [3.63, 3.8) is 0 Å². The summed E-state index contributed by atoms with van der Waals surface area (Å²) in [5.41, 5.74) is 1.14. The van der Waals surface area contributed by atoms with Gasteiger partial charge in [0.1, 0.15) is 5.75 Å². The quantitative estimate of drug-likeness (QED) is 0.632. The van der Waals surface area contributed by atoms with E-state index in [0.29, 0.717) is 5.75 Å². The SMILES string of the molecule is CCCC(C)c1cc(NS(=O)(=O)c2ccc(OC)cc2CC(=O)OC)n[nH]1. The lowest BCUT2D eigenvalue weighted by Gasteiger charge is -2.12. The number of rotatable bonds is 9. The topological polar surface area (TPSA) is 110 Å². The monoisotopic (exact) mass is 395 g/mol. The fraction of sp³-hybridized carbons (Fsp3) is 0.444. The Morgan fingerprint density at radius 2 is 2.04 bits per heavy atom. The van der Waals surface area contributed by atoms with Crippen molar-refractivity contribution < 1.29 is 22.7 Å². The number of aromatic amines is 1. The summed E-state index contributed by atoms with van der Waals surface area (Å²) in [7, 11) is -1.23. The molecule has 1 heterocycles. The summed E-state index contributed by atoms with van der Waals surface area (Å²) in [5.74, 6) is 0.350. The van der Waals surface area contributed by atoms with E-state index in [-0.39, 0.29) is 28.6 Å². The summed E-state index contributed by atoms with van der Waals surface area (Å²) in [5, 5.41) is 6.91. The van der Waals surface area contributed by atoms with Gasteiger partial charge in [-0.05, 0) is 36.1 Å². The number of benzene rings is 1. The molecule has 0 spiro atoms. The molecule has 0 aliphatic rings.